The van der Waals surface area contributed by atoms with Crippen LogP contribution in [0.2, 0.25) is 0 Å². The van der Waals surface area contributed by atoms with Crippen molar-refractivity contribution in [2.24, 2.45) is 0 Å². The van der Waals surface area contributed by atoms with E-state index in [1.807, 2.05) is 12.3 Å². The molecule has 4 unspecified atom stereocenters. The summed E-state index contributed by atoms with van der Waals surface area (Å²) >= 11 is 0. The number of pyridine rings is 1. The first-order valence-corrected chi connectivity index (χ1v) is 8.81. The number of para-hydroxylation sites is 1. The van der Waals surface area contributed by atoms with Crippen molar-refractivity contribution >= 4 is 26.3 Å². The third kappa shape index (κ3) is 2.53. The first-order chi connectivity index (χ1) is 12.0. The predicted molar refractivity (Wildman–Crippen MR) is 98.9 cm³/mol. The molecular formula is C18H23B2NO4. The van der Waals surface area contributed by atoms with E-state index in [0.29, 0.717) is 0 Å². The van der Waals surface area contributed by atoms with E-state index in [4.69, 9.17) is 18.6 Å². The Morgan fingerprint density at radius 2 is 1.56 bits per heavy atom. The van der Waals surface area contributed by atoms with Crippen molar-refractivity contribution < 1.29 is 18.6 Å². The zero-order chi connectivity index (χ0) is 17.7. The van der Waals surface area contributed by atoms with Crippen molar-refractivity contribution in [1.82, 2.24) is 4.98 Å². The fourth-order valence-electron chi connectivity index (χ4n) is 4.28. The Morgan fingerprint density at radius 3 is 2.12 bits per heavy atom. The number of fused-ring (bicyclic) bond motifs is 1. The van der Waals surface area contributed by atoms with E-state index in [0.717, 1.165) is 16.5 Å². The molecule has 3 heterocycles. The number of rotatable bonds is 3. The van der Waals surface area contributed by atoms with Crippen LogP contribution in [0.5, 0.6) is 0 Å². The number of aromatic nitrogens is 1. The Morgan fingerprint density at radius 1 is 0.960 bits per heavy atom. The van der Waals surface area contributed by atoms with Crippen molar-refractivity contribution in [1.29, 1.82) is 0 Å². The Labute approximate surface area is 149 Å². The van der Waals surface area contributed by atoms with Crippen molar-refractivity contribution in [3.63, 3.8) is 0 Å². The van der Waals surface area contributed by atoms with Gasteiger partial charge < -0.3 is 18.6 Å². The highest BCUT2D eigenvalue weighted by molar-refractivity contribution is 6.20. The SMILES string of the molecule is CC1OBOC1(C)C(c1cccc2cccnc12)C1(C)OBOC1C. The number of nitrogens with zero attached hydrogens (tertiary/aromatic N) is 1. The van der Waals surface area contributed by atoms with Gasteiger partial charge in [0, 0.05) is 17.5 Å². The van der Waals surface area contributed by atoms with E-state index in [1.165, 1.54) is 0 Å². The van der Waals surface area contributed by atoms with Crippen LogP contribution < -0.4 is 0 Å². The summed E-state index contributed by atoms with van der Waals surface area (Å²) in [4.78, 5) is 4.66. The highest BCUT2D eigenvalue weighted by Crippen LogP contribution is 2.50. The maximum atomic E-state index is 6.16. The molecule has 0 spiro atoms. The maximum absolute atomic E-state index is 6.16. The first kappa shape index (κ1) is 17.0. The predicted octanol–water partition coefficient (Wildman–Crippen LogP) is 2.24. The van der Waals surface area contributed by atoms with E-state index in [9.17, 15) is 0 Å². The Kier molecular flexibility index (Phi) is 4.15. The zero-order valence-electron chi connectivity index (χ0n) is 15.2. The van der Waals surface area contributed by atoms with Gasteiger partial charge in [-0.25, -0.2) is 0 Å². The molecule has 5 nitrogen and oxygen atoms in total. The molecule has 2 aliphatic heterocycles. The molecule has 0 N–H and O–H groups in total. The van der Waals surface area contributed by atoms with E-state index in [-0.39, 0.29) is 33.5 Å². The van der Waals surface area contributed by atoms with Crippen LogP contribution in [0.1, 0.15) is 39.2 Å². The third-order valence-electron chi connectivity index (χ3n) is 6.11. The molecule has 4 atom stereocenters. The summed E-state index contributed by atoms with van der Waals surface area (Å²) in [5.41, 5.74) is 1.01. The van der Waals surface area contributed by atoms with Gasteiger partial charge >= 0.3 is 15.4 Å². The first-order valence-electron chi connectivity index (χ1n) is 8.81. The number of hydrogen-bond acceptors (Lipinski definition) is 5. The van der Waals surface area contributed by atoms with Crippen LogP contribution in [-0.4, -0.2) is 43.8 Å². The Bertz CT molecular complexity index is 759. The largest absolute Gasteiger partial charge is 0.438 e. The van der Waals surface area contributed by atoms with Gasteiger partial charge in [-0.2, -0.15) is 0 Å². The third-order valence-corrected chi connectivity index (χ3v) is 6.11. The van der Waals surface area contributed by atoms with Crippen molar-refractivity contribution in [3.8, 4) is 0 Å². The minimum atomic E-state index is -0.539. The topological polar surface area (TPSA) is 49.8 Å². The number of benzene rings is 1. The molecule has 2 saturated heterocycles. The molecule has 2 fully saturated rings. The van der Waals surface area contributed by atoms with E-state index >= 15 is 0 Å². The summed E-state index contributed by atoms with van der Waals surface area (Å²) in [5.74, 6) is -0.0893. The lowest BCUT2D eigenvalue weighted by Gasteiger charge is -2.47. The van der Waals surface area contributed by atoms with Crippen LogP contribution in [0.4, 0.5) is 0 Å². The van der Waals surface area contributed by atoms with Gasteiger partial charge in [-0.1, -0.05) is 24.3 Å². The minimum Gasteiger partial charge on any atom is -0.408 e. The van der Waals surface area contributed by atoms with E-state index in [1.54, 1.807) is 0 Å². The Balaban J connectivity index is 1.95. The van der Waals surface area contributed by atoms with Crippen LogP contribution in [0.25, 0.3) is 10.9 Å². The molecule has 1 aromatic heterocycles. The molecule has 7 heteroatoms. The summed E-state index contributed by atoms with van der Waals surface area (Å²) in [6.45, 7) is 8.33. The van der Waals surface area contributed by atoms with Gasteiger partial charge in [0.15, 0.2) is 0 Å². The lowest BCUT2D eigenvalue weighted by atomic mass is 9.68. The molecule has 0 bridgehead atoms. The minimum absolute atomic E-state index is 0.0651. The van der Waals surface area contributed by atoms with E-state index in [2.05, 4.69) is 56.9 Å². The zero-order valence-corrected chi connectivity index (χ0v) is 15.2. The average molecular weight is 339 g/mol. The van der Waals surface area contributed by atoms with Gasteiger partial charge in [0.1, 0.15) is 0 Å². The molecule has 2 aliphatic rings. The normalized spacial score (nSPS) is 36.2. The summed E-state index contributed by atoms with van der Waals surface area (Å²) < 4.78 is 23.9. The molecule has 130 valence electrons. The maximum Gasteiger partial charge on any atom is 0.438 e. The van der Waals surface area contributed by atoms with Gasteiger partial charge in [0.05, 0.1) is 28.9 Å². The molecule has 2 aromatic rings. The van der Waals surface area contributed by atoms with Crippen molar-refractivity contribution in [2.75, 3.05) is 0 Å². The fourth-order valence-corrected chi connectivity index (χ4v) is 4.28. The van der Waals surface area contributed by atoms with Crippen LogP contribution in [0, 0.1) is 0 Å². The molecule has 25 heavy (non-hydrogen) atoms. The van der Waals surface area contributed by atoms with Crippen LogP contribution in [-0.2, 0) is 18.6 Å². The summed E-state index contributed by atoms with van der Waals surface area (Å²) in [6, 6.07) is 10.3. The lowest BCUT2D eigenvalue weighted by molar-refractivity contribution is -0.0624. The van der Waals surface area contributed by atoms with E-state index < -0.39 is 11.2 Å². The second kappa shape index (κ2) is 6.09. The van der Waals surface area contributed by atoms with Gasteiger partial charge in [-0.3, -0.25) is 4.98 Å². The van der Waals surface area contributed by atoms with Crippen LogP contribution >= 0.6 is 0 Å². The van der Waals surface area contributed by atoms with Crippen molar-refractivity contribution in [2.45, 2.75) is 57.0 Å². The quantitative estimate of drug-likeness (QED) is 0.803. The van der Waals surface area contributed by atoms with Gasteiger partial charge in [0.25, 0.3) is 0 Å². The molecule has 0 radical (unpaired) electrons. The van der Waals surface area contributed by atoms with Crippen molar-refractivity contribution in [3.05, 3.63) is 42.1 Å². The second-order valence-electron chi connectivity index (χ2n) is 7.37. The molecule has 0 amide bonds. The number of hydrogen-bond donors (Lipinski definition) is 0. The fraction of sp³-hybridized carbons (Fsp3) is 0.500. The van der Waals surface area contributed by atoms with Gasteiger partial charge in [0.2, 0.25) is 0 Å². The molecule has 0 aliphatic carbocycles. The standard InChI is InChI=1S/C18H23B2NO4/c1-11-17(3,24-19-22-11)16(18(4)12(2)23-20-25-18)14-9-5-7-13-8-6-10-21-15(13)14/h5-12,16,19-20H,1-4H3. The monoisotopic (exact) mass is 339 g/mol. The summed E-state index contributed by atoms with van der Waals surface area (Å²) in [5, 5.41) is 1.11. The molecule has 1 aromatic carbocycles. The van der Waals surface area contributed by atoms with Gasteiger partial charge in [-0.05, 0) is 39.3 Å². The summed E-state index contributed by atoms with van der Waals surface area (Å²) in [6.07, 6.45) is 1.70. The molecular weight excluding hydrogens is 316 g/mol. The molecule has 4 rings (SSSR count). The van der Waals surface area contributed by atoms with Gasteiger partial charge in [-0.15, -0.1) is 0 Å². The smallest absolute Gasteiger partial charge is 0.408 e. The highest BCUT2D eigenvalue weighted by atomic mass is 16.7. The molecule has 0 saturated carbocycles. The summed E-state index contributed by atoms with van der Waals surface area (Å²) in [7, 11) is 0.579. The highest BCUT2D eigenvalue weighted by Gasteiger charge is 2.58. The Hall–Kier alpha value is -1.40. The van der Waals surface area contributed by atoms with Crippen LogP contribution in [0.3, 0.4) is 0 Å². The van der Waals surface area contributed by atoms with Crippen LogP contribution in [0.15, 0.2) is 36.5 Å². The second-order valence-corrected chi connectivity index (χ2v) is 7.37. The lowest BCUT2D eigenvalue weighted by Crippen LogP contribution is -2.55. The average Bonchev–Trinajstić information content (AvgIpc) is 3.11.